The van der Waals surface area contributed by atoms with Gasteiger partial charge in [0.25, 0.3) is 11.5 Å². The molecule has 0 saturated carbocycles. The normalized spacial score (nSPS) is 17.4. The summed E-state index contributed by atoms with van der Waals surface area (Å²) in [5, 5.41) is 2.98. The van der Waals surface area contributed by atoms with Crippen molar-refractivity contribution in [1.29, 1.82) is 0 Å². The lowest BCUT2D eigenvalue weighted by Crippen LogP contribution is -2.41. The summed E-state index contributed by atoms with van der Waals surface area (Å²) in [7, 11) is 0. The van der Waals surface area contributed by atoms with Crippen molar-refractivity contribution in [2.75, 3.05) is 13.1 Å². The summed E-state index contributed by atoms with van der Waals surface area (Å²) < 4.78 is 6.97. The molecule has 9 nitrogen and oxygen atoms in total. The maximum Gasteiger partial charge on any atom is 0.338 e. The third-order valence-electron chi connectivity index (χ3n) is 5.31. The van der Waals surface area contributed by atoms with Gasteiger partial charge >= 0.3 is 12.0 Å². The zero-order chi connectivity index (χ0) is 20.5. The number of aromatic nitrogens is 2. The second-order valence-corrected chi connectivity index (χ2v) is 7.30. The van der Waals surface area contributed by atoms with E-state index in [2.05, 4.69) is 10.3 Å². The second kappa shape index (κ2) is 7.65. The van der Waals surface area contributed by atoms with E-state index in [1.165, 1.54) is 19.1 Å². The highest BCUT2D eigenvalue weighted by atomic mass is 16.5. The first-order valence-corrected chi connectivity index (χ1v) is 9.79. The molecule has 1 aromatic heterocycles. The molecule has 4 rings (SSSR count). The Morgan fingerprint density at radius 3 is 2.76 bits per heavy atom. The number of nitrogens with one attached hydrogen (secondary N) is 1. The van der Waals surface area contributed by atoms with E-state index in [4.69, 9.17) is 4.74 Å². The second-order valence-electron chi connectivity index (χ2n) is 7.30. The molecule has 29 heavy (non-hydrogen) atoms. The number of hydrogen-bond acceptors (Lipinski definition) is 6. The molecule has 3 heterocycles. The highest BCUT2D eigenvalue weighted by molar-refractivity contribution is 6.00. The van der Waals surface area contributed by atoms with E-state index >= 15 is 0 Å². The monoisotopic (exact) mass is 398 g/mol. The number of carbonyl (C=O) groups is 3. The molecule has 0 unspecified atom stereocenters. The van der Waals surface area contributed by atoms with Gasteiger partial charge in [0.15, 0.2) is 6.10 Å². The Bertz CT molecular complexity index is 1060. The van der Waals surface area contributed by atoms with E-state index in [0.29, 0.717) is 24.0 Å². The molecule has 1 N–H and O–H groups in total. The van der Waals surface area contributed by atoms with Crippen LogP contribution >= 0.6 is 0 Å². The van der Waals surface area contributed by atoms with E-state index in [0.717, 1.165) is 36.4 Å². The Morgan fingerprint density at radius 2 is 2.00 bits per heavy atom. The van der Waals surface area contributed by atoms with Crippen LogP contribution in [-0.2, 0) is 22.5 Å². The maximum absolute atomic E-state index is 12.8. The van der Waals surface area contributed by atoms with Crippen molar-refractivity contribution < 1.29 is 19.1 Å². The molecule has 0 aliphatic carbocycles. The fourth-order valence-electron chi connectivity index (χ4n) is 3.73. The number of urea groups is 1. The molecule has 9 heteroatoms. The fourth-order valence-corrected chi connectivity index (χ4v) is 3.73. The van der Waals surface area contributed by atoms with Gasteiger partial charge in [-0.25, -0.2) is 14.6 Å². The van der Waals surface area contributed by atoms with Gasteiger partial charge in [-0.2, -0.15) is 0 Å². The van der Waals surface area contributed by atoms with Gasteiger partial charge in [0.1, 0.15) is 5.82 Å². The van der Waals surface area contributed by atoms with E-state index in [9.17, 15) is 19.2 Å². The van der Waals surface area contributed by atoms with Gasteiger partial charge in [-0.15, -0.1) is 0 Å². The topological polar surface area (TPSA) is 111 Å². The number of amides is 3. The number of aryl methyl sites for hydroxylation is 1. The van der Waals surface area contributed by atoms with E-state index < -0.39 is 24.0 Å². The van der Waals surface area contributed by atoms with Crippen LogP contribution in [0.15, 0.2) is 23.0 Å². The van der Waals surface area contributed by atoms with Crippen LogP contribution in [-0.4, -0.2) is 51.6 Å². The number of rotatable bonds is 3. The van der Waals surface area contributed by atoms with Gasteiger partial charge in [-0.05, 0) is 38.0 Å². The van der Waals surface area contributed by atoms with Gasteiger partial charge in [0, 0.05) is 26.1 Å². The fraction of sp³-hybridized carbons (Fsp3) is 0.450. The third-order valence-corrected chi connectivity index (χ3v) is 5.31. The Labute approximate surface area is 166 Å². The predicted octanol–water partition coefficient (Wildman–Crippen LogP) is 1.22. The molecule has 1 saturated heterocycles. The quantitative estimate of drug-likeness (QED) is 0.779. The average molecular weight is 398 g/mol. The van der Waals surface area contributed by atoms with Crippen LogP contribution < -0.4 is 10.9 Å². The van der Waals surface area contributed by atoms with Crippen LogP contribution in [0, 0.1) is 0 Å². The summed E-state index contributed by atoms with van der Waals surface area (Å²) in [6.45, 7) is 2.71. The standard InChI is InChI=1S/C20H22N4O5/c1-12(17(25)24-10-8-21-20(24)28)29-19(27)13-6-7-14-15(11-13)22-16-5-3-2-4-9-23(16)18(14)26/h6-7,11-12H,2-5,8-10H2,1H3,(H,21,28)/t12-/m0/s1. The number of imide groups is 1. The molecule has 152 valence electrons. The molecular formula is C20H22N4O5. The van der Waals surface area contributed by atoms with Crippen molar-refractivity contribution in [3.63, 3.8) is 0 Å². The largest absolute Gasteiger partial charge is 0.449 e. The van der Waals surface area contributed by atoms with Crippen LogP contribution in [0.3, 0.4) is 0 Å². The van der Waals surface area contributed by atoms with Gasteiger partial charge in [0.05, 0.1) is 16.5 Å². The minimum absolute atomic E-state index is 0.101. The Hall–Kier alpha value is -3.23. The van der Waals surface area contributed by atoms with E-state index in [-0.39, 0.29) is 17.7 Å². The molecule has 3 amide bonds. The van der Waals surface area contributed by atoms with Crippen molar-refractivity contribution >= 4 is 28.8 Å². The average Bonchev–Trinajstić information content (AvgIpc) is 2.99. The highest BCUT2D eigenvalue weighted by Gasteiger charge is 2.31. The van der Waals surface area contributed by atoms with Crippen molar-refractivity contribution in [3.8, 4) is 0 Å². The van der Waals surface area contributed by atoms with Crippen LogP contribution in [0.25, 0.3) is 10.9 Å². The summed E-state index contributed by atoms with van der Waals surface area (Å²) in [4.78, 5) is 54.8. The Morgan fingerprint density at radius 1 is 1.17 bits per heavy atom. The van der Waals surface area contributed by atoms with Gasteiger partial charge in [-0.1, -0.05) is 6.42 Å². The summed E-state index contributed by atoms with van der Waals surface area (Å²) in [5.41, 5.74) is 0.541. The number of hydrogen-bond donors (Lipinski definition) is 1. The van der Waals surface area contributed by atoms with Crippen LogP contribution in [0.4, 0.5) is 4.79 Å². The van der Waals surface area contributed by atoms with Crippen molar-refractivity contribution in [2.24, 2.45) is 0 Å². The first-order chi connectivity index (χ1) is 14.0. The molecule has 2 aliphatic rings. The van der Waals surface area contributed by atoms with Gasteiger partial charge < -0.3 is 10.1 Å². The van der Waals surface area contributed by atoms with E-state index in [1.807, 2.05) is 0 Å². The number of nitrogens with zero attached hydrogens (tertiary/aromatic N) is 3. The SMILES string of the molecule is C[C@H](OC(=O)c1ccc2c(=O)n3c(nc2c1)CCCCC3)C(=O)N1CCNC1=O. The summed E-state index contributed by atoms with van der Waals surface area (Å²) >= 11 is 0. The van der Waals surface area contributed by atoms with Crippen LogP contribution in [0.5, 0.6) is 0 Å². The molecule has 0 spiro atoms. The van der Waals surface area contributed by atoms with Crippen molar-refractivity contribution in [3.05, 3.63) is 39.9 Å². The minimum Gasteiger partial charge on any atom is -0.449 e. The predicted molar refractivity (Wildman–Crippen MR) is 104 cm³/mol. The highest BCUT2D eigenvalue weighted by Crippen LogP contribution is 2.17. The van der Waals surface area contributed by atoms with Crippen LogP contribution in [0.2, 0.25) is 0 Å². The first-order valence-electron chi connectivity index (χ1n) is 9.79. The lowest BCUT2D eigenvalue weighted by Gasteiger charge is -2.18. The smallest absolute Gasteiger partial charge is 0.338 e. The summed E-state index contributed by atoms with van der Waals surface area (Å²) in [5.74, 6) is -0.547. The number of ether oxygens (including phenoxy) is 1. The van der Waals surface area contributed by atoms with Crippen molar-refractivity contribution in [1.82, 2.24) is 19.8 Å². The lowest BCUT2D eigenvalue weighted by molar-refractivity contribution is -0.136. The van der Waals surface area contributed by atoms with E-state index in [1.54, 1.807) is 10.6 Å². The molecule has 1 aromatic carbocycles. The molecule has 1 atom stereocenters. The van der Waals surface area contributed by atoms with Gasteiger partial charge in [-0.3, -0.25) is 19.1 Å². The summed E-state index contributed by atoms with van der Waals surface area (Å²) in [6, 6.07) is 4.09. The zero-order valence-electron chi connectivity index (χ0n) is 16.1. The third kappa shape index (κ3) is 3.59. The molecule has 0 bridgehead atoms. The zero-order valence-corrected chi connectivity index (χ0v) is 16.1. The molecular weight excluding hydrogens is 376 g/mol. The Balaban J connectivity index is 1.57. The molecule has 1 fully saturated rings. The first kappa shape index (κ1) is 19.1. The minimum atomic E-state index is -1.10. The molecule has 2 aromatic rings. The Kier molecular flexibility index (Phi) is 5.04. The van der Waals surface area contributed by atoms with Gasteiger partial charge in [0.2, 0.25) is 0 Å². The van der Waals surface area contributed by atoms with Crippen molar-refractivity contribution in [2.45, 2.75) is 45.3 Å². The summed E-state index contributed by atoms with van der Waals surface area (Å²) in [6.07, 6.45) is 2.60. The maximum atomic E-state index is 12.8. The lowest BCUT2D eigenvalue weighted by atomic mass is 10.1. The number of fused-ring (bicyclic) bond motifs is 2. The number of carbonyl (C=O) groups excluding carboxylic acids is 3. The molecule has 2 aliphatic heterocycles. The van der Waals surface area contributed by atoms with Crippen LogP contribution in [0.1, 0.15) is 42.4 Å². The number of esters is 1. The number of benzene rings is 1. The molecule has 0 radical (unpaired) electrons.